The summed E-state index contributed by atoms with van der Waals surface area (Å²) in [4.78, 5) is 1.22. The summed E-state index contributed by atoms with van der Waals surface area (Å²) < 4.78 is 11.3. The van der Waals surface area contributed by atoms with E-state index in [1.807, 2.05) is 0 Å². The Balaban J connectivity index is 1.98. The van der Waals surface area contributed by atoms with Crippen LogP contribution in [0.15, 0.2) is 17.0 Å². The van der Waals surface area contributed by atoms with E-state index in [2.05, 4.69) is 30.6 Å². The molecule has 4 nitrogen and oxygen atoms in total. The predicted octanol–water partition coefficient (Wildman–Crippen LogP) is 2.68. The molecule has 0 saturated carbocycles. The number of hydrogen-bond acceptors (Lipinski definition) is 5. The number of nitrogens with one attached hydrogen (secondary N) is 1. The Morgan fingerprint density at radius 2 is 2.00 bits per heavy atom. The monoisotopic (exact) mass is 311 g/mol. The van der Waals surface area contributed by atoms with E-state index in [1.165, 1.54) is 10.5 Å². The number of ether oxygens (including phenoxy) is 2. The van der Waals surface area contributed by atoms with E-state index < -0.39 is 0 Å². The van der Waals surface area contributed by atoms with Gasteiger partial charge in [0.15, 0.2) is 11.5 Å². The van der Waals surface area contributed by atoms with Crippen molar-refractivity contribution in [2.75, 3.05) is 32.6 Å². The van der Waals surface area contributed by atoms with Crippen LogP contribution in [0.25, 0.3) is 0 Å². The van der Waals surface area contributed by atoms with E-state index in [1.54, 1.807) is 11.8 Å². The van der Waals surface area contributed by atoms with Crippen LogP contribution in [0.3, 0.4) is 0 Å². The van der Waals surface area contributed by atoms with Gasteiger partial charge in [-0.25, -0.2) is 0 Å². The summed E-state index contributed by atoms with van der Waals surface area (Å²) in [6, 6.07) is 4.15. The van der Waals surface area contributed by atoms with E-state index >= 15 is 0 Å². The second kappa shape index (κ2) is 8.51. The van der Waals surface area contributed by atoms with E-state index in [-0.39, 0.29) is 6.61 Å². The van der Waals surface area contributed by atoms with Crippen LogP contribution >= 0.6 is 11.8 Å². The molecule has 1 aromatic rings. The van der Waals surface area contributed by atoms with Crippen LogP contribution in [0.4, 0.5) is 0 Å². The van der Waals surface area contributed by atoms with Crippen molar-refractivity contribution in [3.63, 3.8) is 0 Å². The fourth-order valence-corrected chi connectivity index (χ4v) is 3.10. The SMILES string of the molecule is CCC(CCO)CNCc1cc2c(cc1SC)OCCO2. The van der Waals surface area contributed by atoms with Crippen LogP contribution in [-0.4, -0.2) is 37.7 Å². The lowest BCUT2D eigenvalue weighted by Gasteiger charge is -2.21. The number of aliphatic hydroxyl groups is 1. The maximum atomic E-state index is 9.04. The van der Waals surface area contributed by atoms with Crippen LogP contribution in [-0.2, 0) is 6.54 Å². The lowest BCUT2D eigenvalue weighted by molar-refractivity contribution is 0.171. The van der Waals surface area contributed by atoms with Crippen LogP contribution in [0.1, 0.15) is 25.3 Å². The molecular weight excluding hydrogens is 286 g/mol. The van der Waals surface area contributed by atoms with Crippen molar-refractivity contribution >= 4 is 11.8 Å². The highest BCUT2D eigenvalue weighted by molar-refractivity contribution is 7.98. The van der Waals surface area contributed by atoms with Crippen molar-refractivity contribution in [3.05, 3.63) is 17.7 Å². The summed E-state index contributed by atoms with van der Waals surface area (Å²) in [6.07, 6.45) is 4.03. The molecule has 0 aliphatic carbocycles. The highest BCUT2D eigenvalue weighted by Crippen LogP contribution is 2.36. The lowest BCUT2D eigenvalue weighted by Crippen LogP contribution is -2.23. The maximum absolute atomic E-state index is 9.04. The fraction of sp³-hybridized carbons (Fsp3) is 0.625. The fourth-order valence-electron chi connectivity index (χ4n) is 2.48. The van der Waals surface area contributed by atoms with Gasteiger partial charge in [-0.3, -0.25) is 0 Å². The number of hydrogen-bond donors (Lipinski definition) is 2. The molecule has 1 aliphatic heterocycles. The standard InChI is InChI=1S/C16H25NO3S/c1-3-12(4-5-18)10-17-11-13-8-14-15(9-16(13)21-2)20-7-6-19-14/h8-9,12,17-18H,3-7,10-11H2,1-2H3. The van der Waals surface area contributed by atoms with Gasteiger partial charge >= 0.3 is 0 Å². The minimum absolute atomic E-state index is 0.264. The molecule has 1 heterocycles. The summed E-state index contributed by atoms with van der Waals surface area (Å²) >= 11 is 1.73. The van der Waals surface area contributed by atoms with E-state index in [9.17, 15) is 0 Å². The molecule has 1 aromatic carbocycles. The molecule has 0 aromatic heterocycles. The normalized spacial score (nSPS) is 15.0. The smallest absolute Gasteiger partial charge is 0.162 e. The van der Waals surface area contributed by atoms with Crippen LogP contribution in [0.5, 0.6) is 11.5 Å². The van der Waals surface area contributed by atoms with Crippen LogP contribution in [0.2, 0.25) is 0 Å². The van der Waals surface area contributed by atoms with Crippen molar-refractivity contribution in [3.8, 4) is 11.5 Å². The Labute approximate surface area is 131 Å². The molecule has 2 N–H and O–H groups in total. The number of benzene rings is 1. The molecule has 118 valence electrons. The van der Waals surface area contributed by atoms with Gasteiger partial charge in [-0.15, -0.1) is 11.8 Å². The third kappa shape index (κ3) is 4.53. The molecule has 1 aliphatic rings. The molecule has 1 atom stereocenters. The molecule has 1 unspecified atom stereocenters. The summed E-state index contributed by atoms with van der Waals surface area (Å²) in [7, 11) is 0. The van der Waals surface area contributed by atoms with E-state index in [4.69, 9.17) is 14.6 Å². The molecule has 0 bridgehead atoms. The predicted molar refractivity (Wildman–Crippen MR) is 86.4 cm³/mol. The lowest BCUT2D eigenvalue weighted by atomic mass is 10.0. The van der Waals surface area contributed by atoms with Crippen molar-refractivity contribution in [2.24, 2.45) is 5.92 Å². The molecule has 0 saturated heterocycles. The van der Waals surface area contributed by atoms with Gasteiger partial charge in [0.25, 0.3) is 0 Å². The summed E-state index contributed by atoms with van der Waals surface area (Å²) in [5.74, 6) is 2.23. The summed E-state index contributed by atoms with van der Waals surface area (Å²) in [5.41, 5.74) is 1.24. The Hall–Kier alpha value is -0.910. The maximum Gasteiger partial charge on any atom is 0.162 e. The zero-order chi connectivity index (χ0) is 15.1. The Morgan fingerprint density at radius 3 is 2.62 bits per heavy atom. The van der Waals surface area contributed by atoms with E-state index in [0.29, 0.717) is 19.1 Å². The molecule has 0 fully saturated rings. The van der Waals surface area contributed by atoms with Crippen molar-refractivity contribution < 1.29 is 14.6 Å². The average Bonchev–Trinajstić information content (AvgIpc) is 2.53. The number of rotatable bonds is 8. The first kappa shape index (κ1) is 16.5. The minimum atomic E-state index is 0.264. The number of thioether (sulfide) groups is 1. The van der Waals surface area contributed by atoms with Gasteiger partial charge in [-0.05, 0) is 42.8 Å². The van der Waals surface area contributed by atoms with Gasteiger partial charge in [-0.2, -0.15) is 0 Å². The van der Waals surface area contributed by atoms with Crippen molar-refractivity contribution in [2.45, 2.75) is 31.2 Å². The van der Waals surface area contributed by atoms with Crippen molar-refractivity contribution in [1.82, 2.24) is 5.32 Å². The Bertz CT molecular complexity index is 453. The highest BCUT2D eigenvalue weighted by atomic mass is 32.2. The Morgan fingerprint density at radius 1 is 1.29 bits per heavy atom. The minimum Gasteiger partial charge on any atom is -0.486 e. The summed E-state index contributed by atoms with van der Waals surface area (Å²) in [5, 5.41) is 12.5. The average molecular weight is 311 g/mol. The summed E-state index contributed by atoms with van der Waals surface area (Å²) in [6.45, 7) is 5.42. The molecule has 0 amide bonds. The first-order chi connectivity index (χ1) is 10.3. The second-order valence-electron chi connectivity index (χ2n) is 5.23. The number of fused-ring (bicyclic) bond motifs is 1. The molecule has 0 spiro atoms. The van der Waals surface area contributed by atoms with Gasteiger partial charge in [0.2, 0.25) is 0 Å². The van der Waals surface area contributed by atoms with Gasteiger partial charge < -0.3 is 19.9 Å². The first-order valence-electron chi connectivity index (χ1n) is 7.56. The third-order valence-corrected chi connectivity index (χ3v) is 4.63. The first-order valence-corrected chi connectivity index (χ1v) is 8.79. The second-order valence-corrected chi connectivity index (χ2v) is 6.07. The van der Waals surface area contributed by atoms with Gasteiger partial charge in [0, 0.05) is 18.0 Å². The Kier molecular flexibility index (Phi) is 6.67. The molecule has 2 rings (SSSR count). The molecule has 0 radical (unpaired) electrons. The molecular formula is C16H25NO3S. The van der Waals surface area contributed by atoms with Crippen LogP contribution in [0, 0.1) is 5.92 Å². The van der Waals surface area contributed by atoms with Crippen molar-refractivity contribution in [1.29, 1.82) is 0 Å². The quantitative estimate of drug-likeness (QED) is 0.723. The number of aliphatic hydroxyl groups excluding tert-OH is 1. The van der Waals surface area contributed by atoms with Crippen LogP contribution < -0.4 is 14.8 Å². The van der Waals surface area contributed by atoms with E-state index in [0.717, 1.165) is 37.4 Å². The van der Waals surface area contributed by atoms with Gasteiger partial charge in [0.05, 0.1) is 0 Å². The van der Waals surface area contributed by atoms with Gasteiger partial charge in [-0.1, -0.05) is 13.3 Å². The van der Waals surface area contributed by atoms with Gasteiger partial charge in [0.1, 0.15) is 13.2 Å². The largest absolute Gasteiger partial charge is 0.486 e. The zero-order valence-corrected chi connectivity index (χ0v) is 13.7. The third-order valence-electron chi connectivity index (χ3n) is 3.81. The topological polar surface area (TPSA) is 50.7 Å². The highest BCUT2D eigenvalue weighted by Gasteiger charge is 2.15. The molecule has 5 heteroatoms. The molecule has 21 heavy (non-hydrogen) atoms. The zero-order valence-electron chi connectivity index (χ0n) is 12.9.